The van der Waals surface area contributed by atoms with Gasteiger partial charge in [-0.15, -0.1) is 0 Å². The van der Waals surface area contributed by atoms with Gasteiger partial charge in [0.1, 0.15) is 5.82 Å². The predicted molar refractivity (Wildman–Crippen MR) is 73.7 cm³/mol. The molecule has 19 heavy (non-hydrogen) atoms. The van der Waals surface area contributed by atoms with Gasteiger partial charge in [-0.1, -0.05) is 0 Å². The first-order valence-corrected chi connectivity index (χ1v) is 6.50. The predicted octanol–water partition coefficient (Wildman–Crippen LogP) is 3.02. The summed E-state index contributed by atoms with van der Waals surface area (Å²) in [5.41, 5.74) is 0.291. The van der Waals surface area contributed by atoms with Gasteiger partial charge in [0.2, 0.25) is 0 Å². The fourth-order valence-corrected chi connectivity index (χ4v) is 2.06. The summed E-state index contributed by atoms with van der Waals surface area (Å²) in [7, 11) is 0. The molecule has 2 aromatic rings. The van der Waals surface area contributed by atoms with Crippen LogP contribution in [0.5, 0.6) is 0 Å². The molecule has 0 saturated carbocycles. The number of carbonyl (C=O) groups excluding carboxylic acids is 1. The van der Waals surface area contributed by atoms with Gasteiger partial charge in [-0.2, -0.15) is 0 Å². The fourth-order valence-electron chi connectivity index (χ4n) is 1.68. The summed E-state index contributed by atoms with van der Waals surface area (Å²) in [6, 6.07) is 8.48. The zero-order valence-electron chi connectivity index (χ0n) is 9.98. The quantitative estimate of drug-likeness (QED) is 0.811. The SMILES string of the molecule is O=C(CCn1cc(Br)ccc1=O)c1ccc(F)cc1. The molecule has 1 aromatic carbocycles. The Bertz CT molecular complexity index is 649. The van der Waals surface area contributed by atoms with Crippen molar-refractivity contribution < 1.29 is 9.18 Å². The molecule has 0 aliphatic heterocycles. The van der Waals surface area contributed by atoms with E-state index in [1.807, 2.05) is 0 Å². The van der Waals surface area contributed by atoms with E-state index >= 15 is 0 Å². The highest BCUT2D eigenvalue weighted by Gasteiger charge is 2.07. The number of rotatable bonds is 4. The van der Waals surface area contributed by atoms with Crippen LogP contribution in [0, 0.1) is 5.82 Å². The Morgan fingerprint density at radius 2 is 1.84 bits per heavy atom. The molecule has 2 rings (SSSR count). The summed E-state index contributed by atoms with van der Waals surface area (Å²) in [5, 5.41) is 0. The molecule has 1 heterocycles. The maximum atomic E-state index is 12.7. The number of aryl methyl sites for hydroxylation is 1. The second-order valence-corrected chi connectivity index (χ2v) is 4.97. The van der Waals surface area contributed by atoms with Crippen molar-refractivity contribution in [2.24, 2.45) is 0 Å². The number of hydrogen-bond acceptors (Lipinski definition) is 2. The van der Waals surface area contributed by atoms with E-state index in [2.05, 4.69) is 15.9 Å². The molecule has 0 fully saturated rings. The third-order valence-electron chi connectivity index (χ3n) is 2.69. The van der Waals surface area contributed by atoms with Crippen molar-refractivity contribution in [3.63, 3.8) is 0 Å². The highest BCUT2D eigenvalue weighted by atomic mass is 79.9. The minimum absolute atomic E-state index is 0.119. The summed E-state index contributed by atoms with van der Waals surface area (Å²) in [6.45, 7) is 0.300. The van der Waals surface area contributed by atoms with Crippen LogP contribution in [0.4, 0.5) is 4.39 Å². The van der Waals surface area contributed by atoms with Gasteiger partial charge in [0, 0.05) is 35.3 Å². The van der Waals surface area contributed by atoms with Gasteiger partial charge in [-0.05, 0) is 46.3 Å². The Morgan fingerprint density at radius 3 is 2.53 bits per heavy atom. The Balaban J connectivity index is 2.06. The summed E-state index contributed by atoms with van der Waals surface area (Å²) >= 11 is 3.27. The topological polar surface area (TPSA) is 39.1 Å². The Morgan fingerprint density at radius 1 is 1.16 bits per heavy atom. The average molecular weight is 324 g/mol. The maximum absolute atomic E-state index is 12.7. The number of hydrogen-bond donors (Lipinski definition) is 0. The van der Waals surface area contributed by atoms with Crippen LogP contribution < -0.4 is 5.56 Å². The van der Waals surface area contributed by atoms with Crippen molar-refractivity contribution in [1.82, 2.24) is 4.57 Å². The largest absolute Gasteiger partial charge is 0.314 e. The van der Waals surface area contributed by atoms with Crippen LogP contribution in [0.2, 0.25) is 0 Å². The number of carbonyl (C=O) groups is 1. The van der Waals surface area contributed by atoms with Crippen LogP contribution in [0.25, 0.3) is 0 Å². The molecule has 3 nitrogen and oxygen atoms in total. The number of nitrogens with zero attached hydrogens (tertiary/aromatic N) is 1. The second kappa shape index (κ2) is 5.93. The van der Waals surface area contributed by atoms with E-state index in [0.717, 1.165) is 4.47 Å². The van der Waals surface area contributed by atoms with Crippen molar-refractivity contribution in [2.45, 2.75) is 13.0 Å². The summed E-state index contributed by atoms with van der Waals surface area (Å²) < 4.78 is 15.0. The molecular formula is C14H11BrFNO2. The Kier molecular flexibility index (Phi) is 4.27. The van der Waals surface area contributed by atoms with E-state index in [9.17, 15) is 14.0 Å². The highest BCUT2D eigenvalue weighted by molar-refractivity contribution is 9.10. The van der Waals surface area contributed by atoms with Crippen molar-refractivity contribution in [2.75, 3.05) is 0 Å². The molecule has 5 heteroatoms. The Labute approximate surface area is 117 Å². The van der Waals surface area contributed by atoms with Crippen LogP contribution in [-0.4, -0.2) is 10.4 Å². The van der Waals surface area contributed by atoms with Gasteiger partial charge in [0.25, 0.3) is 5.56 Å². The number of ketones is 1. The van der Waals surface area contributed by atoms with Gasteiger partial charge >= 0.3 is 0 Å². The van der Waals surface area contributed by atoms with E-state index in [1.165, 1.54) is 34.9 Å². The van der Waals surface area contributed by atoms with E-state index in [4.69, 9.17) is 0 Å². The molecule has 98 valence electrons. The molecule has 0 radical (unpaired) electrons. The van der Waals surface area contributed by atoms with Crippen LogP contribution in [-0.2, 0) is 6.54 Å². The molecule has 1 aromatic heterocycles. The van der Waals surface area contributed by atoms with Crippen molar-refractivity contribution in [1.29, 1.82) is 0 Å². The van der Waals surface area contributed by atoms with Gasteiger partial charge in [-0.3, -0.25) is 9.59 Å². The van der Waals surface area contributed by atoms with Gasteiger partial charge in [0.15, 0.2) is 5.78 Å². The van der Waals surface area contributed by atoms with Crippen LogP contribution in [0.1, 0.15) is 16.8 Å². The normalized spacial score (nSPS) is 10.4. The molecule has 0 spiro atoms. The van der Waals surface area contributed by atoms with Crippen LogP contribution >= 0.6 is 15.9 Å². The highest BCUT2D eigenvalue weighted by Crippen LogP contribution is 2.08. The van der Waals surface area contributed by atoms with Gasteiger partial charge in [-0.25, -0.2) is 4.39 Å². The minimum Gasteiger partial charge on any atom is -0.314 e. The number of halogens is 2. The molecular weight excluding hydrogens is 313 g/mol. The van der Waals surface area contributed by atoms with E-state index < -0.39 is 0 Å². The lowest BCUT2D eigenvalue weighted by atomic mass is 10.1. The molecule has 0 atom stereocenters. The van der Waals surface area contributed by atoms with E-state index in [1.54, 1.807) is 12.3 Å². The lowest BCUT2D eigenvalue weighted by Crippen LogP contribution is -2.19. The summed E-state index contributed by atoms with van der Waals surface area (Å²) in [6.07, 6.45) is 1.84. The first-order valence-electron chi connectivity index (χ1n) is 5.71. The Hall–Kier alpha value is -1.75. The fraction of sp³-hybridized carbons (Fsp3) is 0.143. The molecule has 0 bridgehead atoms. The molecule has 0 unspecified atom stereocenters. The second-order valence-electron chi connectivity index (χ2n) is 4.06. The van der Waals surface area contributed by atoms with Gasteiger partial charge in [0.05, 0.1) is 0 Å². The third kappa shape index (κ3) is 3.61. The van der Waals surface area contributed by atoms with Crippen molar-refractivity contribution in [3.05, 3.63) is 68.8 Å². The summed E-state index contributed by atoms with van der Waals surface area (Å²) in [4.78, 5) is 23.4. The molecule has 0 amide bonds. The molecule has 0 N–H and O–H groups in total. The van der Waals surface area contributed by atoms with E-state index in [-0.39, 0.29) is 23.6 Å². The standard InChI is InChI=1S/C14H11BrFNO2/c15-11-3-6-14(19)17(9-11)8-7-13(18)10-1-4-12(16)5-2-10/h1-6,9H,7-8H2. The molecule has 0 aliphatic carbocycles. The van der Waals surface area contributed by atoms with Gasteiger partial charge < -0.3 is 4.57 Å². The van der Waals surface area contributed by atoms with Crippen molar-refractivity contribution >= 4 is 21.7 Å². The maximum Gasteiger partial charge on any atom is 0.250 e. The monoisotopic (exact) mass is 323 g/mol. The minimum atomic E-state index is -0.375. The average Bonchev–Trinajstić information content (AvgIpc) is 2.40. The first-order chi connectivity index (χ1) is 9.06. The number of benzene rings is 1. The number of pyridine rings is 1. The first kappa shape index (κ1) is 13.7. The molecule has 0 aliphatic rings. The lowest BCUT2D eigenvalue weighted by Gasteiger charge is -2.05. The third-order valence-corrected chi connectivity index (χ3v) is 3.16. The smallest absolute Gasteiger partial charge is 0.250 e. The number of aromatic nitrogens is 1. The number of Topliss-reactive ketones (excluding diaryl/α,β-unsaturated/α-hetero) is 1. The zero-order chi connectivity index (χ0) is 13.8. The van der Waals surface area contributed by atoms with E-state index in [0.29, 0.717) is 12.1 Å². The zero-order valence-corrected chi connectivity index (χ0v) is 11.6. The van der Waals surface area contributed by atoms with Crippen molar-refractivity contribution in [3.8, 4) is 0 Å². The lowest BCUT2D eigenvalue weighted by molar-refractivity contribution is 0.0976. The van der Waals surface area contributed by atoms with Crippen LogP contribution in [0.15, 0.2) is 51.9 Å². The summed E-state index contributed by atoms with van der Waals surface area (Å²) in [5.74, 6) is -0.494. The van der Waals surface area contributed by atoms with Crippen LogP contribution in [0.3, 0.4) is 0 Å². The molecule has 0 saturated heterocycles.